The molecule has 104 valence electrons. The normalized spacial score (nSPS) is 10.3. The standard InChI is InChI=1S/C14H17N5O/c1-9(2)17-14-12(8-15)13(16)19(18-14)10-5-4-6-11(7-10)20-3/h4-7,9H,16H2,1-3H3,(H,17,18). The molecule has 0 aliphatic carbocycles. The Morgan fingerprint density at radius 1 is 1.45 bits per heavy atom. The third kappa shape index (κ3) is 2.52. The lowest BCUT2D eigenvalue weighted by Crippen LogP contribution is -2.11. The second-order valence-corrected chi connectivity index (χ2v) is 4.63. The summed E-state index contributed by atoms with van der Waals surface area (Å²) in [6.07, 6.45) is 0. The Morgan fingerprint density at radius 2 is 2.20 bits per heavy atom. The molecular weight excluding hydrogens is 254 g/mol. The number of ether oxygens (including phenoxy) is 1. The first kappa shape index (κ1) is 13.7. The highest BCUT2D eigenvalue weighted by Gasteiger charge is 2.17. The molecule has 1 aromatic carbocycles. The zero-order chi connectivity index (χ0) is 14.7. The van der Waals surface area contributed by atoms with Crippen LogP contribution in [0.2, 0.25) is 0 Å². The summed E-state index contributed by atoms with van der Waals surface area (Å²) >= 11 is 0. The molecule has 0 spiro atoms. The molecule has 0 aliphatic rings. The molecular formula is C14H17N5O. The summed E-state index contributed by atoms with van der Waals surface area (Å²) in [5.74, 6) is 1.50. The van der Waals surface area contributed by atoms with Gasteiger partial charge in [0, 0.05) is 12.1 Å². The van der Waals surface area contributed by atoms with Crippen LogP contribution in [0.5, 0.6) is 5.75 Å². The summed E-state index contributed by atoms with van der Waals surface area (Å²) in [6.45, 7) is 3.95. The monoisotopic (exact) mass is 271 g/mol. The number of nitrogens with zero attached hydrogens (tertiary/aromatic N) is 3. The van der Waals surface area contributed by atoms with E-state index in [-0.39, 0.29) is 6.04 Å². The predicted octanol–water partition coefficient (Wildman–Crippen LogP) is 2.16. The van der Waals surface area contributed by atoms with Crippen molar-refractivity contribution in [2.45, 2.75) is 19.9 Å². The molecule has 0 saturated heterocycles. The second-order valence-electron chi connectivity index (χ2n) is 4.63. The van der Waals surface area contributed by atoms with Gasteiger partial charge in [-0.05, 0) is 26.0 Å². The van der Waals surface area contributed by atoms with E-state index in [4.69, 9.17) is 10.5 Å². The van der Waals surface area contributed by atoms with Crippen LogP contribution in [0.4, 0.5) is 11.6 Å². The smallest absolute Gasteiger partial charge is 0.168 e. The van der Waals surface area contributed by atoms with Crippen molar-refractivity contribution in [2.75, 3.05) is 18.2 Å². The molecule has 0 aliphatic heterocycles. The van der Waals surface area contributed by atoms with Gasteiger partial charge >= 0.3 is 0 Å². The number of nitriles is 1. The average Bonchev–Trinajstić information content (AvgIpc) is 2.74. The van der Waals surface area contributed by atoms with Crippen LogP contribution in [-0.2, 0) is 0 Å². The molecule has 0 radical (unpaired) electrons. The molecule has 0 unspecified atom stereocenters. The predicted molar refractivity (Wildman–Crippen MR) is 78.0 cm³/mol. The van der Waals surface area contributed by atoms with E-state index in [0.717, 1.165) is 5.69 Å². The third-order valence-electron chi connectivity index (χ3n) is 2.76. The van der Waals surface area contributed by atoms with Crippen molar-refractivity contribution in [2.24, 2.45) is 0 Å². The van der Waals surface area contributed by atoms with Crippen molar-refractivity contribution in [3.05, 3.63) is 29.8 Å². The van der Waals surface area contributed by atoms with Crippen LogP contribution < -0.4 is 15.8 Å². The second kappa shape index (κ2) is 5.53. The Kier molecular flexibility index (Phi) is 3.80. The Bertz CT molecular complexity index is 654. The third-order valence-corrected chi connectivity index (χ3v) is 2.76. The largest absolute Gasteiger partial charge is 0.497 e. The van der Waals surface area contributed by atoms with Gasteiger partial charge in [-0.3, -0.25) is 0 Å². The zero-order valence-electron chi connectivity index (χ0n) is 11.7. The molecule has 0 amide bonds. The maximum Gasteiger partial charge on any atom is 0.168 e. The molecule has 2 rings (SSSR count). The lowest BCUT2D eigenvalue weighted by atomic mass is 10.3. The number of benzene rings is 1. The fourth-order valence-electron chi connectivity index (χ4n) is 1.85. The van der Waals surface area contributed by atoms with Gasteiger partial charge in [-0.25, -0.2) is 4.68 Å². The minimum absolute atomic E-state index is 0.162. The number of methoxy groups -OCH3 is 1. The van der Waals surface area contributed by atoms with Crippen molar-refractivity contribution in [1.82, 2.24) is 9.78 Å². The summed E-state index contributed by atoms with van der Waals surface area (Å²) in [5, 5.41) is 16.7. The van der Waals surface area contributed by atoms with Crippen molar-refractivity contribution in [3.63, 3.8) is 0 Å². The lowest BCUT2D eigenvalue weighted by Gasteiger charge is -2.07. The molecule has 0 fully saturated rings. The topological polar surface area (TPSA) is 88.9 Å². The first-order chi connectivity index (χ1) is 9.56. The van der Waals surface area contributed by atoms with Crippen LogP contribution in [0.15, 0.2) is 24.3 Å². The number of hydrogen-bond donors (Lipinski definition) is 2. The maximum atomic E-state index is 9.23. The van der Waals surface area contributed by atoms with Crippen molar-refractivity contribution in [1.29, 1.82) is 5.26 Å². The van der Waals surface area contributed by atoms with Crippen LogP contribution in [0.25, 0.3) is 5.69 Å². The van der Waals surface area contributed by atoms with Crippen LogP contribution in [0.3, 0.4) is 0 Å². The van der Waals surface area contributed by atoms with E-state index in [9.17, 15) is 5.26 Å². The summed E-state index contributed by atoms with van der Waals surface area (Å²) < 4.78 is 6.72. The number of rotatable bonds is 4. The van der Waals surface area contributed by atoms with Crippen LogP contribution in [0, 0.1) is 11.3 Å². The molecule has 6 nitrogen and oxygen atoms in total. The van der Waals surface area contributed by atoms with Gasteiger partial charge in [0.2, 0.25) is 0 Å². The minimum atomic E-state index is 0.162. The van der Waals surface area contributed by atoms with E-state index in [1.807, 2.05) is 38.1 Å². The lowest BCUT2D eigenvalue weighted by molar-refractivity contribution is 0.414. The Balaban J connectivity index is 2.52. The molecule has 3 N–H and O–H groups in total. The first-order valence-corrected chi connectivity index (χ1v) is 6.26. The average molecular weight is 271 g/mol. The molecule has 2 aromatic rings. The Morgan fingerprint density at radius 3 is 2.80 bits per heavy atom. The van der Waals surface area contributed by atoms with Crippen molar-refractivity contribution >= 4 is 11.6 Å². The van der Waals surface area contributed by atoms with Crippen LogP contribution in [0.1, 0.15) is 19.4 Å². The number of nitrogen functional groups attached to an aromatic ring is 1. The number of nitrogens with one attached hydrogen (secondary N) is 1. The summed E-state index contributed by atoms with van der Waals surface area (Å²) in [4.78, 5) is 0. The molecule has 6 heteroatoms. The van der Waals surface area contributed by atoms with Gasteiger partial charge in [-0.2, -0.15) is 5.26 Å². The SMILES string of the molecule is COc1cccc(-n2nc(NC(C)C)c(C#N)c2N)c1. The highest BCUT2D eigenvalue weighted by atomic mass is 16.5. The summed E-state index contributed by atoms with van der Waals surface area (Å²) in [6, 6.07) is 9.59. The van der Waals surface area contributed by atoms with Gasteiger partial charge in [0.25, 0.3) is 0 Å². The van der Waals surface area contributed by atoms with E-state index < -0.39 is 0 Å². The van der Waals surface area contributed by atoms with E-state index in [0.29, 0.717) is 22.9 Å². The highest BCUT2D eigenvalue weighted by Crippen LogP contribution is 2.26. The molecule has 0 saturated carbocycles. The molecule has 20 heavy (non-hydrogen) atoms. The number of anilines is 2. The molecule has 0 bridgehead atoms. The summed E-state index contributed by atoms with van der Waals surface area (Å²) in [5.41, 5.74) is 7.11. The van der Waals surface area contributed by atoms with Gasteiger partial charge in [-0.15, -0.1) is 5.10 Å². The Labute approximate surface area is 117 Å². The molecule has 1 aromatic heterocycles. The Hall–Kier alpha value is -2.68. The van der Waals surface area contributed by atoms with Crippen molar-refractivity contribution in [3.8, 4) is 17.5 Å². The van der Waals surface area contributed by atoms with Gasteiger partial charge in [0.15, 0.2) is 5.82 Å². The van der Waals surface area contributed by atoms with Gasteiger partial charge in [0.1, 0.15) is 23.2 Å². The fraction of sp³-hybridized carbons (Fsp3) is 0.286. The van der Waals surface area contributed by atoms with Crippen LogP contribution in [-0.4, -0.2) is 22.9 Å². The van der Waals surface area contributed by atoms with Crippen molar-refractivity contribution < 1.29 is 4.74 Å². The van der Waals surface area contributed by atoms with E-state index in [1.165, 1.54) is 4.68 Å². The van der Waals surface area contributed by atoms with E-state index in [1.54, 1.807) is 7.11 Å². The number of nitrogens with two attached hydrogens (primary N) is 1. The molecule has 1 heterocycles. The van der Waals surface area contributed by atoms with Gasteiger partial charge < -0.3 is 15.8 Å². The molecule has 0 atom stereocenters. The van der Waals surface area contributed by atoms with E-state index in [2.05, 4.69) is 16.5 Å². The first-order valence-electron chi connectivity index (χ1n) is 6.26. The minimum Gasteiger partial charge on any atom is -0.497 e. The summed E-state index contributed by atoms with van der Waals surface area (Å²) in [7, 11) is 1.60. The highest BCUT2D eigenvalue weighted by molar-refractivity contribution is 5.66. The number of hydrogen-bond acceptors (Lipinski definition) is 5. The maximum absolute atomic E-state index is 9.23. The van der Waals surface area contributed by atoms with Gasteiger partial charge in [-0.1, -0.05) is 6.07 Å². The fourth-order valence-corrected chi connectivity index (χ4v) is 1.85. The zero-order valence-corrected chi connectivity index (χ0v) is 11.7. The number of aromatic nitrogens is 2. The van der Waals surface area contributed by atoms with Gasteiger partial charge in [0.05, 0.1) is 12.8 Å². The van der Waals surface area contributed by atoms with Crippen LogP contribution >= 0.6 is 0 Å². The quantitative estimate of drug-likeness (QED) is 0.889. The van der Waals surface area contributed by atoms with E-state index >= 15 is 0 Å².